The SMILES string of the molecule is O=S(=O)(O)CC=C1CSC1. The molecule has 1 aliphatic rings. The van der Waals surface area contributed by atoms with Gasteiger partial charge in [0.05, 0.1) is 5.75 Å². The van der Waals surface area contributed by atoms with Crippen molar-refractivity contribution in [2.45, 2.75) is 0 Å². The van der Waals surface area contributed by atoms with Gasteiger partial charge in [-0.1, -0.05) is 11.6 Å². The highest BCUT2D eigenvalue weighted by atomic mass is 32.2. The highest BCUT2D eigenvalue weighted by Crippen LogP contribution is 2.23. The summed E-state index contributed by atoms with van der Waals surface area (Å²) < 4.78 is 28.7. The molecule has 1 aliphatic heterocycles. The van der Waals surface area contributed by atoms with Crippen molar-refractivity contribution < 1.29 is 13.0 Å². The minimum absolute atomic E-state index is 0.233. The Kier molecular flexibility index (Phi) is 2.38. The number of rotatable bonds is 2. The van der Waals surface area contributed by atoms with Gasteiger partial charge in [0.1, 0.15) is 0 Å². The smallest absolute Gasteiger partial charge is 0.268 e. The summed E-state index contributed by atoms with van der Waals surface area (Å²) in [6, 6.07) is 0. The Balaban J connectivity index is 2.41. The zero-order valence-electron chi connectivity index (χ0n) is 5.28. The zero-order chi connectivity index (χ0) is 7.61. The lowest BCUT2D eigenvalue weighted by Crippen LogP contribution is -2.08. The molecule has 1 saturated heterocycles. The summed E-state index contributed by atoms with van der Waals surface area (Å²) in [6.07, 6.45) is 1.58. The van der Waals surface area contributed by atoms with Crippen LogP contribution in [0.5, 0.6) is 0 Å². The highest BCUT2D eigenvalue weighted by molar-refractivity contribution is 8.01. The average molecular weight is 180 g/mol. The van der Waals surface area contributed by atoms with Crippen molar-refractivity contribution in [3.8, 4) is 0 Å². The minimum Gasteiger partial charge on any atom is -0.285 e. The Labute approximate surface area is 64.3 Å². The first-order valence-corrected chi connectivity index (χ1v) is 5.55. The molecule has 1 fully saturated rings. The van der Waals surface area contributed by atoms with Gasteiger partial charge in [0.2, 0.25) is 0 Å². The standard InChI is InChI=1S/C5H8O3S2/c6-10(7,8)2-1-5-3-9-4-5/h1H,2-4H2,(H,6,7,8). The second-order valence-corrected chi connectivity index (χ2v) is 4.59. The normalized spacial score (nSPS) is 18.3. The van der Waals surface area contributed by atoms with Crippen LogP contribution >= 0.6 is 11.8 Å². The average Bonchev–Trinajstić information content (AvgIpc) is 1.56. The predicted molar refractivity (Wildman–Crippen MR) is 41.8 cm³/mol. The summed E-state index contributed by atoms with van der Waals surface area (Å²) in [5.74, 6) is 1.59. The van der Waals surface area contributed by atoms with Crippen molar-refractivity contribution in [1.29, 1.82) is 0 Å². The van der Waals surface area contributed by atoms with Gasteiger partial charge >= 0.3 is 0 Å². The van der Waals surface area contributed by atoms with E-state index in [0.717, 1.165) is 17.1 Å². The van der Waals surface area contributed by atoms with Gasteiger partial charge in [-0.15, -0.1) is 0 Å². The molecule has 58 valence electrons. The second-order valence-electron chi connectivity index (χ2n) is 2.10. The van der Waals surface area contributed by atoms with Crippen molar-refractivity contribution in [1.82, 2.24) is 0 Å². The van der Waals surface area contributed by atoms with Crippen LogP contribution in [0.15, 0.2) is 11.6 Å². The molecule has 0 atom stereocenters. The summed E-state index contributed by atoms with van der Waals surface area (Å²) in [4.78, 5) is 0. The highest BCUT2D eigenvalue weighted by Gasteiger charge is 2.09. The maximum atomic E-state index is 10.2. The molecule has 0 aliphatic carbocycles. The van der Waals surface area contributed by atoms with Gasteiger partial charge in [-0.3, -0.25) is 4.55 Å². The summed E-state index contributed by atoms with van der Waals surface area (Å²) in [5.41, 5.74) is 1.11. The van der Waals surface area contributed by atoms with E-state index in [0.29, 0.717) is 0 Å². The molecule has 0 amide bonds. The molecule has 0 radical (unpaired) electrons. The molecule has 0 aromatic heterocycles. The van der Waals surface area contributed by atoms with Crippen LogP contribution in [-0.2, 0) is 10.1 Å². The fourth-order valence-corrected chi connectivity index (χ4v) is 1.68. The molecule has 0 aromatic carbocycles. The third kappa shape index (κ3) is 2.72. The fraction of sp³-hybridized carbons (Fsp3) is 0.600. The molecule has 10 heavy (non-hydrogen) atoms. The maximum absolute atomic E-state index is 10.2. The molecule has 1 rings (SSSR count). The molecule has 0 aromatic rings. The monoisotopic (exact) mass is 180 g/mol. The molecule has 3 nitrogen and oxygen atoms in total. The molecule has 0 bridgehead atoms. The first kappa shape index (κ1) is 8.10. The molecular weight excluding hydrogens is 172 g/mol. The van der Waals surface area contributed by atoms with Gasteiger partial charge in [-0.25, -0.2) is 0 Å². The minimum atomic E-state index is -3.78. The van der Waals surface area contributed by atoms with Crippen LogP contribution in [-0.4, -0.2) is 30.2 Å². The fourth-order valence-electron chi connectivity index (χ4n) is 0.561. The zero-order valence-corrected chi connectivity index (χ0v) is 6.91. The third-order valence-electron chi connectivity index (χ3n) is 1.16. The van der Waals surface area contributed by atoms with Gasteiger partial charge in [0.25, 0.3) is 10.1 Å². The van der Waals surface area contributed by atoms with Crippen molar-refractivity contribution in [3.63, 3.8) is 0 Å². The quantitative estimate of drug-likeness (QED) is 0.498. The van der Waals surface area contributed by atoms with E-state index in [1.54, 1.807) is 17.8 Å². The van der Waals surface area contributed by atoms with Crippen LogP contribution in [0.3, 0.4) is 0 Å². The van der Waals surface area contributed by atoms with Crippen molar-refractivity contribution in [2.24, 2.45) is 0 Å². The second kappa shape index (κ2) is 2.94. The van der Waals surface area contributed by atoms with E-state index in [-0.39, 0.29) is 5.75 Å². The lowest BCUT2D eigenvalue weighted by Gasteiger charge is -2.14. The summed E-state index contributed by atoms with van der Waals surface area (Å²) in [7, 11) is -3.78. The van der Waals surface area contributed by atoms with Gasteiger partial charge in [-0.05, 0) is 0 Å². The molecular formula is C5H8O3S2. The summed E-state index contributed by atoms with van der Waals surface area (Å²) in [6.45, 7) is 0. The Morgan fingerprint density at radius 1 is 1.60 bits per heavy atom. The molecule has 0 saturated carbocycles. The summed E-state index contributed by atoms with van der Waals surface area (Å²) in [5, 5.41) is 0. The van der Waals surface area contributed by atoms with Crippen molar-refractivity contribution >= 4 is 21.9 Å². The van der Waals surface area contributed by atoms with E-state index >= 15 is 0 Å². The Morgan fingerprint density at radius 2 is 2.20 bits per heavy atom. The summed E-state index contributed by atoms with van der Waals surface area (Å²) >= 11 is 1.75. The maximum Gasteiger partial charge on any atom is 0.268 e. The van der Waals surface area contributed by atoms with Crippen molar-refractivity contribution in [3.05, 3.63) is 11.6 Å². The van der Waals surface area contributed by atoms with E-state index in [4.69, 9.17) is 4.55 Å². The van der Waals surface area contributed by atoms with Crippen molar-refractivity contribution in [2.75, 3.05) is 17.3 Å². The Hall–Kier alpha value is -0.000000000000000111. The molecule has 0 unspecified atom stereocenters. The van der Waals surface area contributed by atoms with Crippen LogP contribution in [0.2, 0.25) is 0 Å². The van der Waals surface area contributed by atoms with E-state index in [2.05, 4.69) is 0 Å². The van der Waals surface area contributed by atoms with Gasteiger partial charge in [-0.2, -0.15) is 20.2 Å². The van der Waals surface area contributed by atoms with E-state index in [1.807, 2.05) is 0 Å². The van der Waals surface area contributed by atoms with Crippen LogP contribution < -0.4 is 0 Å². The molecule has 5 heteroatoms. The predicted octanol–water partition coefficient (Wildman–Crippen LogP) is 0.547. The first-order chi connectivity index (χ1) is 4.58. The number of hydrogen-bond acceptors (Lipinski definition) is 3. The van der Waals surface area contributed by atoms with E-state index < -0.39 is 10.1 Å². The molecule has 1 N–H and O–H groups in total. The topological polar surface area (TPSA) is 54.4 Å². The number of thioether (sulfide) groups is 1. The largest absolute Gasteiger partial charge is 0.285 e. The van der Waals surface area contributed by atoms with Gasteiger partial charge in [0, 0.05) is 11.5 Å². The molecule has 0 spiro atoms. The van der Waals surface area contributed by atoms with E-state index in [1.165, 1.54) is 0 Å². The van der Waals surface area contributed by atoms with Gasteiger partial charge < -0.3 is 0 Å². The van der Waals surface area contributed by atoms with E-state index in [9.17, 15) is 8.42 Å². The first-order valence-electron chi connectivity index (χ1n) is 2.79. The Morgan fingerprint density at radius 3 is 2.50 bits per heavy atom. The Bertz CT molecular complexity index is 234. The van der Waals surface area contributed by atoms with Gasteiger partial charge in [0.15, 0.2) is 0 Å². The van der Waals surface area contributed by atoms with Crippen LogP contribution in [0.25, 0.3) is 0 Å². The molecule has 1 heterocycles. The van der Waals surface area contributed by atoms with Crippen LogP contribution in [0.4, 0.5) is 0 Å². The number of hydrogen-bond donors (Lipinski definition) is 1. The van der Waals surface area contributed by atoms with Crippen LogP contribution in [0.1, 0.15) is 0 Å². The lowest BCUT2D eigenvalue weighted by molar-refractivity contribution is 0.486. The lowest BCUT2D eigenvalue weighted by atomic mass is 10.3. The van der Waals surface area contributed by atoms with Crippen LogP contribution in [0, 0.1) is 0 Å². The third-order valence-corrected chi connectivity index (χ3v) is 2.90.